The van der Waals surface area contributed by atoms with Gasteiger partial charge in [-0.2, -0.15) is 8.42 Å². The van der Waals surface area contributed by atoms with Crippen LogP contribution in [0.25, 0.3) is 0 Å². The molecule has 6 nitrogen and oxygen atoms in total. The van der Waals surface area contributed by atoms with E-state index in [4.69, 9.17) is 8.92 Å². The molecule has 1 amide bonds. The van der Waals surface area contributed by atoms with E-state index in [1.807, 2.05) is 34.6 Å². The van der Waals surface area contributed by atoms with Crippen molar-refractivity contribution in [3.05, 3.63) is 23.8 Å². The average molecular weight is 357 g/mol. The fourth-order valence-corrected chi connectivity index (χ4v) is 2.62. The van der Waals surface area contributed by atoms with Gasteiger partial charge in [-0.1, -0.05) is 26.8 Å². The van der Waals surface area contributed by atoms with Crippen molar-refractivity contribution in [1.82, 2.24) is 4.90 Å². The highest BCUT2D eigenvalue weighted by atomic mass is 32.2. The van der Waals surface area contributed by atoms with Gasteiger partial charge in [-0.05, 0) is 31.5 Å². The van der Waals surface area contributed by atoms with E-state index in [9.17, 15) is 13.2 Å². The molecule has 0 aliphatic rings. The predicted molar refractivity (Wildman–Crippen MR) is 93.6 cm³/mol. The zero-order valence-corrected chi connectivity index (χ0v) is 16.2. The van der Waals surface area contributed by atoms with Crippen LogP contribution in [0.1, 0.15) is 40.2 Å². The predicted octanol–water partition coefficient (Wildman–Crippen LogP) is 2.82. The van der Waals surface area contributed by atoms with Gasteiger partial charge in [-0.25, -0.2) is 0 Å². The van der Waals surface area contributed by atoms with E-state index < -0.39 is 15.5 Å². The van der Waals surface area contributed by atoms with Gasteiger partial charge in [0, 0.05) is 18.0 Å². The van der Waals surface area contributed by atoms with Gasteiger partial charge in [0.25, 0.3) is 0 Å². The molecule has 0 saturated heterocycles. The molecule has 0 saturated carbocycles. The fraction of sp³-hybridized carbons (Fsp3) is 0.588. The van der Waals surface area contributed by atoms with E-state index in [-0.39, 0.29) is 17.7 Å². The van der Waals surface area contributed by atoms with Gasteiger partial charge in [-0.3, -0.25) is 4.79 Å². The number of amides is 1. The molecular weight excluding hydrogens is 330 g/mol. The number of nitrogens with zero attached hydrogens (tertiary/aromatic N) is 1. The second kappa shape index (κ2) is 7.42. The Kier molecular flexibility index (Phi) is 6.27. The highest BCUT2D eigenvalue weighted by molar-refractivity contribution is 7.86. The highest BCUT2D eigenvalue weighted by Gasteiger charge is 2.29. The van der Waals surface area contributed by atoms with Crippen LogP contribution < -0.4 is 8.92 Å². The Labute approximate surface area is 144 Å². The summed E-state index contributed by atoms with van der Waals surface area (Å²) in [6.07, 6.45) is 0.975. The van der Waals surface area contributed by atoms with Gasteiger partial charge in [0.05, 0.1) is 13.4 Å². The summed E-state index contributed by atoms with van der Waals surface area (Å²) in [5.74, 6) is 0.464. The summed E-state index contributed by atoms with van der Waals surface area (Å²) < 4.78 is 32.9. The second-order valence-electron chi connectivity index (χ2n) is 7.05. The molecule has 1 rings (SSSR count). The van der Waals surface area contributed by atoms with Crippen LogP contribution in [0.15, 0.2) is 18.2 Å². The maximum Gasteiger partial charge on any atom is 0.306 e. The van der Waals surface area contributed by atoms with Crippen LogP contribution in [0, 0.1) is 5.41 Å². The summed E-state index contributed by atoms with van der Waals surface area (Å²) in [4.78, 5) is 14.4. The molecular formula is C17H27NO5S. The monoisotopic (exact) mass is 357 g/mol. The van der Waals surface area contributed by atoms with Crippen LogP contribution in [-0.2, 0) is 21.5 Å². The lowest BCUT2D eigenvalue weighted by atomic mass is 9.93. The molecule has 0 aliphatic carbocycles. The largest absolute Gasteiger partial charge is 0.493 e. The fourth-order valence-electron chi connectivity index (χ4n) is 2.16. The summed E-state index contributed by atoms with van der Waals surface area (Å²) in [6, 6.07) is 5.03. The molecule has 0 heterocycles. The zero-order chi connectivity index (χ0) is 18.7. The summed E-state index contributed by atoms with van der Waals surface area (Å²) in [5.41, 5.74) is 0.267. The number of carbonyl (C=O) groups excluding carboxylic acids is 1. The lowest BCUT2D eigenvalue weighted by molar-refractivity contribution is -0.142. The lowest BCUT2D eigenvalue weighted by Crippen LogP contribution is -2.43. The lowest BCUT2D eigenvalue weighted by Gasteiger charge is -2.33. The molecule has 0 bridgehead atoms. The Morgan fingerprint density at radius 1 is 1.21 bits per heavy atom. The van der Waals surface area contributed by atoms with E-state index in [2.05, 4.69) is 0 Å². The summed E-state index contributed by atoms with van der Waals surface area (Å²) in [6.45, 7) is 9.87. The third-order valence-electron chi connectivity index (χ3n) is 3.35. The minimum Gasteiger partial charge on any atom is -0.493 e. The molecule has 0 radical (unpaired) electrons. The topological polar surface area (TPSA) is 72.9 Å². The first-order valence-corrected chi connectivity index (χ1v) is 9.54. The molecule has 0 N–H and O–H groups in total. The van der Waals surface area contributed by atoms with Gasteiger partial charge >= 0.3 is 10.1 Å². The molecule has 0 fully saturated rings. The third kappa shape index (κ3) is 5.70. The minimum atomic E-state index is -3.67. The molecule has 24 heavy (non-hydrogen) atoms. The molecule has 1 aromatic rings. The van der Waals surface area contributed by atoms with Crippen molar-refractivity contribution in [2.75, 3.05) is 13.4 Å². The maximum atomic E-state index is 12.6. The molecule has 0 unspecified atom stereocenters. The number of rotatable bonds is 6. The molecule has 7 heteroatoms. The van der Waals surface area contributed by atoms with Crippen LogP contribution in [0.3, 0.4) is 0 Å². The molecule has 0 atom stereocenters. The first-order valence-electron chi connectivity index (χ1n) is 7.72. The Morgan fingerprint density at radius 2 is 1.79 bits per heavy atom. The summed E-state index contributed by atoms with van der Waals surface area (Å²) in [5, 5.41) is 0. The SMILES string of the molecule is COc1ccc(CN(C(=O)C(C)(C)C)C(C)C)cc1OS(C)(=O)=O. The van der Waals surface area contributed by atoms with E-state index in [1.165, 1.54) is 7.11 Å². The number of methoxy groups -OCH3 is 1. The first kappa shape index (κ1) is 20.3. The van der Waals surface area contributed by atoms with Crippen molar-refractivity contribution in [2.45, 2.75) is 47.2 Å². The molecule has 0 spiro atoms. The van der Waals surface area contributed by atoms with Crippen molar-refractivity contribution in [1.29, 1.82) is 0 Å². The van der Waals surface area contributed by atoms with E-state index in [0.717, 1.165) is 11.8 Å². The Morgan fingerprint density at radius 3 is 2.21 bits per heavy atom. The molecule has 1 aromatic carbocycles. The number of carbonyl (C=O) groups is 1. The third-order valence-corrected chi connectivity index (χ3v) is 3.83. The molecule has 0 aliphatic heterocycles. The van der Waals surface area contributed by atoms with Crippen molar-refractivity contribution in [3.8, 4) is 11.5 Å². The smallest absolute Gasteiger partial charge is 0.306 e. The first-order chi connectivity index (χ1) is 10.8. The van der Waals surface area contributed by atoms with Crippen molar-refractivity contribution < 1.29 is 22.1 Å². The Hall–Kier alpha value is -1.76. The van der Waals surface area contributed by atoms with Crippen LogP contribution >= 0.6 is 0 Å². The quantitative estimate of drug-likeness (QED) is 0.732. The Balaban J connectivity index is 3.17. The maximum absolute atomic E-state index is 12.6. The number of hydrogen-bond acceptors (Lipinski definition) is 5. The Bertz CT molecular complexity index is 689. The van der Waals surface area contributed by atoms with E-state index >= 15 is 0 Å². The average Bonchev–Trinajstić information content (AvgIpc) is 2.41. The molecule has 136 valence electrons. The van der Waals surface area contributed by atoms with Crippen LogP contribution in [0.4, 0.5) is 0 Å². The number of ether oxygens (including phenoxy) is 1. The van der Waals surface area contributed by atoms with Gasteiger partial charge in [0.2, 0.25) is 5.91 Å². The van der Waals surface area contributed by atoms with Gasteiger partial charge in [0.15, 0.2) is 11.5 Å². The van der Waals surface area contributed by atoms with Gasteiger partial charge in [-0.15, -0.1) is 0 Å². The normalized spacial score (nSPS) is 12.2. The van der Waals surface area contributed by atoms with E-state index in [1.54, 1.807) is 23.1 Å². The van der Waals surface area contributed by atoms with Crippen molar-refractivity contribution in [3.63, 3.8) is 0 Å². The van der Waals surface area contributed by atoms with Gasteiger partial charge in [0.1, 0.15) is 0 Å². The second-order valence-corrected chi connectivity index (χ2v) is 8.62. The van der Waals surface area contributed by atoms with Crippen LogP contribution in [0.2, 0.25) is 0 Å². The van der Waals surface area contributed by atoms with Gasteiger partial charge < -0.3 is 13.8 Å². The summed E-state index contributed by atoms with van der Waals surface area (Å²) >= 11 is 0. The number of benzene rings is 1. The molecule has 0 aromatic heterocycles. The minimum absolute atomic E-state index is 0.0121. The van der Waals surface area contributed by atoms with E-state index in [0.29, 0.717) is 12.3 Å². The van der Waals surface area contributed by atoms with Crippen LogP contribution in [-0.4, -0.2) is 38.6 Å². The standard InChI is InChI=1S/C17H27NO5S/c1-12(2)18(16(19)17(3,4)5)11-13-8-9-14(22-6)15(10-13)23-24(7,20)21/h8-10,12H,11H2,1-7H3. The number of hydrogen-bond donors (Lipinski definition) is 0. The van der Waals surface area contributed by atoms with Crippen LogP contribution in [0.5, 0.6) is 11.5 Å². The highest BCUT2D eigenvalue weighted by Crippen LogP contribution is 2.30. The summed E-state index contributed by atoms with van der Waals surface area (Å²) in [7, 11) is -2.23. The van der Waals surface area contributed by atoms with Crippen molar-refractivity contribution in [2.24, 2.45) is 5.41 Å². The van der Waals surface area contributed by atoms with Crippen molar-refractivity contribution >= 4 is 16.0 Å². The zero-order valence-electron chi connectivity index (χ0n) is 15.4.